The molecule has 100 valence electrons. The highest BCUT2D eigenvalue weighted by atomic mass is 35.5. The Bertz CT molecular complexity index is 560. The minimum absolute atomic E-state index is 0.0953. The molecule has 0 saturated carbocycles. The zero-order chi connectivity index (χ0) is 13.9. The average molecular weight is 309 g/mol. The monoisotopic (exact) mass is 308 g/mol. The van der Waals surface area contributed by atoms with Gasteiger partial charge in [-0.1, -0.05) is 23.8 Å². The van der Waals surface area contributed by atoms with Crippen LogP contribution in [0.4, 0.5) is 5.69 Å². The molecule has 0 radical (unpaired) electrons. The molecular formula is C10H13ClN2O3S2. The van der Waals surface area contributed by atoms with Crippen LogP contribution in [-0.4, -0.2) is 25.8 Å². The second-order valence-electron chi connectivity index (χ2n) is 3.54. The SMILES string of the molecule is COc1ccc(NS(=O)(=O)C(C)C(N)=S)cc1Cl. The Balaban J connectivity index is 2.98. The van der Waals surface area contributed by atoms with Crippen LogP contribution in [0.1, 0.15) is 6.92 Å². The number of rotatable bonds is 5. The Morgan fingerprint density at radius 1 is 1.56 bits per heavy atom. The van der Waals surface area contributed by atoms with Crippen molar-refractivity contribution in [1.29, 1.82) is 0 Å². The van der Waals surface area contributed by atoms with Crippen molar-refractivity contribution in [2.24, 2.45) is 5.73 Å². The van der Waals surface area contributed by atoms with Gasteiger partial charge in [0, 0.05) is 0 Å². The summed E-state index contributed by atoms with van der Waals surface area (Å²) >= 11 is 10.6. The molecule has 0 heterocycles. The highest BCUT2D eigenvalue weighted by Gasteiger charge is 2.23. The van der Waals surface area contributed by atoms with E-state index in [1.165, 1.54) is 26.2 Å². The lowest BCUT2D eigenvalue weighted by atomic mass is 10.3. The Morgan fingerprint density at radius 3 is 2.61 bits per heavy atom. The summed E-state index contributed by atoms with van der Waals surface area (Å²) in [5, 5.41) is -0.658. The Labute approximate surface area is 116 Å². The molecule has 0 aliphatic heterocycles. The van der Waals surface area contributed by atoms with Crippen LogP contribution >= 0.6 is 23.8 Å². The number of anilines is 1. The summed E-state index contributed by atoms with van der Waals surface area (Å²) in [4.78, 5) is -0.0953. The number of halogens is 1. The highest BCUT2D eigenvalue weighted by molar-refractivity contribution is 7.95. The maximum absolute atomic E-state index is 11.9. The van der Waals surface area contributed by atoms with Gasteiger partial charge < -0.3 is 10.5 Å². The Kier molecular flexibility index (Phi) is 4.78. The second kappa shape index (κ2) is 5.73. The van der Waals surface area contributed by atoms with Gasteiger partial charge in [-0.2, -0.15) is 0 Å². The van der Waals surface area contributed by atoms with E-state index in [0.717, 1.165) is 0 Å². The zero-order valence-corrected chi connectivity index (χ0v) is 12.2. The molecule has 0 bridgehead atoms. The van der Waals surface area contributed by atoms with E-state index in [2.05, 4.69) is 16.9 Å². The molecule has 1 rings (SSSR count). The van der Waals surface area contributed by atoms with E-state index < -0.39 is 15.3 Å². The third-order valence-corrected chi connectivity index (χ3v) is 4.78. The summed E-state index contributed by atoms with van der Waals surface area (Å²) < 4.78 is 31.0. The summed E-state index contributed by atoms with van der Waals surface area (Å²) in [5.74, 6) is 0.460. The standard InChI is InChI=1S/C10H13ClN2O3S2/c1-6(10(12)17)18(14,15)13-7-3-4-9(16-2)8(11)5-7/h3-6,13H,1-2H3,(H2,12,17). The van der Waals surface area contributed by atoms with Gasteiger partial charge in [0.1, 0.15) is 11.0 Å². The van der Waals surface area contributed by atoms with Crippen molar-refractivity contribution in [2.45, 2.75) is 12.2 Å². The molecule has 8 heteroatoms. The van der Waals surface area contributed by atoms with Crippen molar-refractivity contribution in [3.05, 3.63) is 23.2 Å². The minimum Gasteiger partial charge on any atom is -0.495 e. The van der Waals surface area contributed by atoms with E-state index in [-0.39, 0.29) is 4.99 Å². The van der Waals surface area contributed by atoms with Crippen molar-refractivity contribution in [3.8, 4) is 5.75 Å². The molecule has 0 amide bonds. The summed E-state index contributed by atoms with van der Waals surface area (Å²) in [6.45, 7) is 1.41. The molecule has 0 aliphatic rings. The van der Waals surface area contributed by atoms with Crippen molar-refractivity contribution < 1.29 is 13.2 Å². The lowest BCUT2D eigenvalue weighted by Crippen LogP contribution is -2.35. The topological polar surface area (TPSA) is 81.4 Å². The van der Waals surface area contributed by atoms with Gasteiger partial charge in [0.05, 0.1) is 22.8 Å². The van der Waals surface area contributed by atoms with Crippen LogP contribution in [0.15, 0.2) is 18.2 Å². The summed E-state index contributed by atoms with van der Waals surface area (Å²) in [7, 11) is -2.19. The van der Waals surface area contributed by atoms with Crippen LogP contribution in [-0.2, 0) is 10.0 Å². The van der Waals surface area contributed by atoms with Crippen molar-refractivity contribution >= 4 is 44.5 Å². The van der Waals surface area contributed by atoms with E-state index in [0.29, 0.717) is 16.5 Å². The molecule has 0 saturated heterocycles. The predicted octanol–water partition coefficient (Wildman–Crippen LogP) is 1.76. The third-order valence-electron chi connectivity index (χ3n) is 2.28. The van der Waals surface area contributed by atoms with Crippen molar-refractivity contribution in [1.82, 2.24) is 0 Å². The van der Waals surface area contributed by atoms with Gasteiger partial charge in [0.15, 0.2) is 0 Å². The van der Waals surface area contributed by atoms with Crippen LogP contribution in [0.25, 0.3) is 0 Å². The summed E-state index contributed by atoms with van der Waals surface area (Å²) in [6, 6.07) is 4.55. The lowest BCUT2D eigenvalue weighted by Gasteiger charge is -2.14. The molecule has 0 fully saturated rings. The molecule has 1 unspecified atom stereocenters. The number of benzene rings is 1. The fourth-order valence-electron chi connectivity index (χ4n) is 1.14. The van der Waals surface area contributed by atoms with E-state index in [1.54, 1.807) is 6.07 Å². The predicted molar refractivity (Wildman–Crippen MR) is 76.8 cm³/mol. The van der Waals surface area contributed by atoms with E-state index in [1.807, 2.05) is 0 Å². The number of thiocarbonyl (C=S) groups is 1. The van der Waals surface area contributed by atoms with Gasteiger partial charge >= 0.3 is 0 Å². The number of sulfonamides is 1. The van der Waals surface area contributed by atoms with Gasteiger partial charge in [-0.05, 0) is 25.1 Å². The molecular weight excluding hydrogens is 296 g/mol. The van der Waals surface area contributed by atoms with Crippen LogP contribution in [0.5, 0.6) is 5.75 Å². The molecule has 0 aromatic heterocycles. The minimum atomic E-state index is -3.66. The van der Waals surface area contributed by atoms with Crippen LogP contribution in [0, 0.1) is 0 Å². The largest absolute Gasteiger partial charge is 0.495 e. The number of nitrogens with two attached hydrogens (primary N) is 1. The first kappa shape index (κ1) is 15.0. The number of methoxy groups -OCH3 is 1. The molecule has 1 aromatic carbocycles. The zero-order valence-electron chi connectivity index (χ0n) is 9.81. The molecule has 18 heavy (non-hydrogen) atoms. The molecule has 0 aliphatic carbocycles. The molecule has 3 N–H and O–H groups in total. The second-order valence-corrected chi connectivity index (χ2v) is 6.42. The number of ether oxygens (including phenoxy) is 1. The van der Waals surface area contributed by atoms with Crippen molar-refractivity contribution in [2.75, 3.05) is 11.8 Å². The maximum Gasteiger partial charge on any atom is 0.241 e. The maximum atomic E-state index is 11.9. The van der Waals surface area contributed by atoms with Crippen LogP contribution < -0.4 is 15.2 Å². The van der Waals surface area contributed by atoms with Gasteiger partial charge in [-0.15, -0.1) is 0 Å². The molecule has 5 nitrogen and oxygen atoms in total. The van der Waals surface area contributed by atoms with Crippen molar-refractivity contribution in [3.63, 3.8) is 0 Å². The quantitative estimate of drug-likeness (QED) is 0.810. The number of nitrogens with one attached hydrogen (secondary N) is 1. The third kappa shape index (κ3) is 3.47. The fraction of sp³-hybridized carbons (Fsp3) is 0.300. The lowest BCUT2D eigenvalue weighted by molar-refractivity contribution is 0.415. The molecule has 1 atom stereocenters. The summed E-state index contributed by atoms with van der Waals surface area (Å²) in [6.07, 6.45) is 0. The molecule has 1 aromatic rings. The highest BCUT2D eigenvalue weighted by Crippen LogP contribution is 2.27. The van der Waals surface area contributed by atoms with Gasteiger partial charge in [-0.25, -0.2) is 8.42 Å². The first-order valence-corrected chi connectivity index (χ1v) is 7.25. The smallest absolute Gasteiger partial charge is 0.241 e. The van der Waals surface area contributed by atoms with Gasteiger partial charge in [0.2, 0.25) is 10.0 Å². The van der Waals surface area contributed by atoms with Gasteiger partial charge in [-0.3, -0.25) is 4.72 Å². The Hall–Kier alpha value is -1.05. The van der Waals surface area contributed by atoms with E-state index in [4.69, 9.17) is 22.1 Å². The normalized spacial score (nSPS) is 12.8. The van der Waals surface area contributed by atoms with E-state index >= 15 is 0 Å². The number of hydrogen-bond donors (Lipinski definition) is 2. The molecule has 0 spiro atoms. The summed E-state index contributed by atoms with van der Waals surface area (Å²) in [5.41, 5.74) is 5.64. The first-order chi connectivity index (χ1) is 8.27. The average Bonchev–Trinajstić information content (AvgIpc) is 2.27. The fourth-order valence-corrected chi connectivity index (χ4v) is 2.71. The first-order valence-electron chi connectivity index (χ1n) is 4.92. The van der Waals surface area contributed by atoms with Crippen LogP contribution in [0.3, 0.4) is 0 Å². The Morgan fingerprint density at radius 2 is 2.17 bits per heavy atom. The number of hydrogen-bond acceptors (Lipinski definition) is 4. The van der Waals surface area contributed by atoms with Crippen LogP contribution in [0.2, 0.25) is 5.02 Å². The van der Waals surface area contributed by atoms with E-state index in [9.17, 15) is 8.42 Å². The van der Waals surface area contributed by atoms with Gasteiger partial charge in [0.25, 0.3) is 0 Å².